The SMILES string of the molecule is Cn1cnc(S(=O)(=O)N2CC(CNc3ccc(C(F)(F)F)cc3)C(c3ccc(F)cc3)C2)c1. The number of aryl methyl sites for hydroxylation is 1. The van der Waals surface area contributed by atoms with Crippen molar-refractivity contribution in [2.45, 2.75) is 17.1 Å². The first-order chi connectivity index (χ1) is 15.5. The van der Waals surface area contributed by atoms with Crippen molar-refractivity contribution in [3.8, 4) is 0 Å². The second kappa shape index (κ2) is 8.79. The van der Waals surface area contributed by atoms with E-state index in [1.54, 1.807) is 23.7 Å². The maximum absolute atomic E-state index is 13.4. The highest BCUT2D eigenvalue weighted by atomic mass is 32.2. The summed E-state index contributed by atoms with van der Waals surface area (Å²) in [5.74, 6) is -0.823. The molecule has 2 unspecified atom stereocenters. The van der Waals surface area contributed by atoms with Gasteiger partial charge in [0.15, 0.2) is 5.03 Å². The molecule has 0 amide bonds. The summed E-state index contributed by atoms with van der Waals surface area (Å²) < 4.78 is 80.9. The lowest BCUT2D eigenvalue weighted by atomic mass is 9.89. The molecule has 1 saturated heterocycles. The zero-order chi connectivity index (χ0) is 23.8. The predicted octanol–water partition coefficient (Wildman–Crippen LogP) is 4.09. The quantitative estimate of drug-likeness (QED) is 0.538. The van der Waals surface area contributed by atoms with Crippen LogP contribution in [0.15, 0.2) is 66.1 Å². The molecular formula is C22H22F4N4O2S. The maximum Gasteiger partial charge on any atom is 0.416 e. The lowest BCUT2D eigenvalue weighted by molar-refractivity contribution is -0.137. The number of nitrogens with zero attached hydrogens (tertiary/aromatic N) is 3. The zero-order valence-corrected chi connectivity index (χ0v) is 18.4. The zero-order valence-electron chi connectivity index (χ0n) is 17.6. The standard InChI is InChI=1S/C22H22F4N4O2S/c1-29-13-21(28-14-29)33(31,32)30-11-16(20(12-30)15-2-6-18(23)7-3-15)10-27-19-8-4-17(5-9-19)22(24,25)26/h2-9,13-14,16,20,27H,10-12H2,1H3. The smallest absolute Gasteiger partial charge is 0.385 e. The van der Waals surface area contributed by atoms with Crippen LogP contribution in [0.5, 0.6) is 0 Å². The van der Waals surface area contributed by atoms with Crippen molar-refractivity contribution < 1.29 is 26.0 Å². The Morgan fingerprint density at radius 2 is 1.73 bits per heavy atom. The van der Waals surface area contributed by atoms with Gasteiger partial charge in [0.1, 0.15) is 5.82 Å². The average molecular weight is 483 g/mol. The summed E-state index contributed by atoms with van der Waals surface area (Å²) in [6, 6.07) is 10.6. The molecule has 0 aliphatic carbocycles. The van der Waals surface area contributed by atoms with Crippen molar-refractivity contribution in [3.63, 3.8) is 0 Å². The van der Waals surface area contributed by atoms with Gasteiger partial charge in [-0.05, 0) is 47.9 Å². The Bertz CT molecular complexity index is 1210. The molecule has 0 saturated carbocycles. The fourth-order valence-electron chi connectivity index (χ4n) is 4.00. The Balaban J connectivity index is 1.55. The van der Waals surface area contributed by atoms with E-state index < -0.39 is 27.6 Å². The number of rotatable bonds is 6. The summed E-state index contributed by atoms with van der Waals surface area (Å²) >= 11 is 0. The molecule has 2 atom stereocenters. The molecule has 33 heavy (non-hydrogen) atoms. The molecule has 2 aromatic carbocycles. The summed E-state index contributed by atoms with van der Waals surface area (Å²) in [5, 5.41) is 3.05. The number of sulfonamides is 1. The minimum Gasteiger partial charge on any atom is -0.385 e. The second-order valence-corrected chi connectivity index (χ2v) is 9.96. The van der Waals surface area contributed by atoms with Crippen LogP contribution >= 0.6 is 0 Å². The number of hydrogen-bond acceptors (Lipinski definition) is 4. The summed E-state index contributed by atoms with van der Waals surface area (Å²) in [4.78, 5) is 3.96. The molecule has 3 aromatic rings. The number of aromatic nitrogens is 2. The molecule has 0 bridgehead atoms. The molecule has 1 aromatic heterocycles. The van der Waals surface area contributed by atoms with Gasteiger partial charge < -0.3 is 9.88 Å². The van der Waals surface area contributed by atoms with E-state index in [0.717, 1.165) is 17.7 Å². The molecule has 1 N–H and O–H groups in total. The molecule has 0 spiro atoms. The van der Waals surface area contributed by atoms with Gasteiger partial charge in [0, 0.05) is 44.5 Å². The number of hydrogen-bond donors (Lipinski definition) is 1. The molecule has 1 aliphatic rings. The van der Waals surface area contributed by atoms with E-state index in [0.29, 0.717) is 12.2 Å². The Morgan fingerprint density at radius 3 is 2.30 bits per heavy atom. The molecule has 1 aliphatic heterocycles. The first-order valence-corrected chi connectivity index (χ1v) is 11.6. The van der Waals surface area contributed by atoms with Crippen molar-refractivity contribution in [1.29, 1.82) is 0 Å². The summed E-state index contributed by atoms with van der Waals surface area (Å²) in [5.41, 5.74) is 0.534. The van der Waals surface area contributed by atoms with Crippen LogP contribution in [0.4, 0.5) is 23.2 Å². The van der Waals surface area contributed by atoms with Gasteiger partial charge in [0.25, 0.3) is 10.0 Å². The molecule has 2 heterocycles. The molecule has 0 radical (unpaired) electrons. The lowest BCUT2D eigenvalue weighted by Gasteiger charge is -2.20. The Morgan fingerprint density at radius 1 is 1.06 bits per heavy atom. The minimum absolute atomic E-state index is 0.0563. The van der Waals surface area contributed by atoms with Crippen molar-refractivity contribution in [2.24, 2.45) is 13.0 Å². The van der Waals surface area contributed by atoms with Crippen LogP contribution < -0.4 is 5.32 Å². The highest BCUT2D eigenvalue weighted by molar-refractivity contribution is 7.89. The van der Waals surface area contributed by atoms with Gasteiger partial charge in [0.2, 0.25) is 0 Å². The largest absolute Gasteiger partial charge is 0.416 e. The normalized spacial score (nSPS) is 19.7. The number of nitrogens with one attached hydrogen (secondary N) is 1. The third kappa shape index (κ3) is 5.03. The van der Waals surface area contributed by atoms with Gasteiger partial charge in [-0.15, -0.1) is 0 Å². The summed E-state index contributed by atoms with van der Waals surface area (Å²) in [6.45, 7) is 0.695. The average Bonchev–Trinajstić information content (AvgIpc) is 3.40. The topological polar surface area (TPSA) is 67.2 Å². The van der Waals surface area contributed by atoms with Crippen LogP contribution in [0.2, 0.25) is 0 Å². The molecular weight excluding hydrogens is 460 g/mol. The molecule has 4 rings (SSSR count). The van der Waals surface area contributed by atoms with Gasteiger partial charge in [-0.25, -0.2) is 17.8 Å². The van der Waals surface area contributed by atoms with Crippen LogP contribution in [-0.4, -0.2) is 41.9 Å². The van der Waals surface area contributed by atoms with E-state index in [1.807, 2.05) is 0 Å². The van der Waals surface area contributed by atoms with E-state index in [4.69, 9.17) is 0 Å². The van der Waals surface area contributed by atoms with Crippen LogP contribution in [0.3, 0.4) is 0 Å². The number of anilines is 1. The van der Waals surface area contributed by atoms with E-state index in [9.17, 15) is 26.0 Å². The fourth-order valence-corrected chi connectivity index (χ4v) is 5.49. The summed E-state index contributed by atoms with van der Waals surface area (Å²) in [6.07, 6.45) is -1.59. The van der Waals surface area contributed by atoms with Gasteiger partial charge in [0.05, 0.1) is 11.9 Å². The highest BCUT2D eigenvalue weighted by Crippen LogP contribution is 2.36. The first-order valence-electron chi connectivity index (χ1n) is 10.2. The monoisotopic (exact) mass is 482 g/mol. The molecule has 11 heteroatoms. The molecule has 6 nitrogen and oxygen atoms in total. The maximum atomic E-state index is 13.4. The second-order valence-electron chi connectivity index (χ2n) is 8.07. The van der Waals surface area contributed by atoms with Crippen LogP contribution in [0.25, 0.3) is 0 Å². The van der Waals surface area contributed by atoms with Gasteiger partial charge >= 0.3 is 6.18 Å². The highest BCUT2D eigenvalue weighted by Gasteiger charge is 2.40. The Kier molecular flexibility index (Phi) is 6.19. The van der Waals surface area contributed by atoms with E-state index in [1.165, 1.54) is 41.1 Å². The van der Waals surface area contributed by atoms with Crippen molar-refractivity contribution in [1.82, 2.24) is 13.9 Å². The molecule has 176 valence electrons. The number of halogens is 4. The van der Waals surface area contributed by atoms with Crippen molar-refractivity contribution >= 4 is 15.7 Å². The third-order valence-electron chi connectivity index (χ3n) is 5.77. The van der Waals surface area contributed by atoms with Crippen LogP contribution in [0.1, 0.15) is 17.0 Å². The van der Waals surface area contributed by atoms with E-state index in [2.05, 4.69) is 10.3 Å². The van der Waals surface area contributed by atoms with Gasteiger partial charge in [-0.2, -0.15) is 17.5 Å². The number of imidazole rings is 1. The summed E-state index contributed by atoms with van der Waals surface area (Å²) in [7, 11) is -2.16. The van der Waals surface area contributed by atoms with Crippen LogP contribution in [-0.2, 0) is 23.2 Å². The van der Waals surface area contributed by atoms with Crippen molar-refractivity contribution in [2.75, 3.05) is 25.0 Å². The van der Waals surface area contributed by atoms with Crippen LogP contribution in [0, 0.1) is 11.7 Å². The van der Waals surface area contributed by atoms with Crippen molar-refractivity contribution in [3.05, 3.63) is 78.0 Å². The fraction of sp³-hybridized carbons (Fsp3) is 0.318. The molecule has 1 fully saturated rings. The van der Waals surface area contributed by atoms with E-state index >= 15 is 0 Å². The third-order valence-corrected chi connectivity index (χ3v) is 7.49. The number of benzene rings is 2. The minimum atomic E-state index is -4.42. The Labute approximate surface area is 188 Å². The van der Waals surface area contributed by atoms with Gasteiger partial charge in [-0.1, -0.05) is 12.1 Å². The van der Waals surface area contributed by atoms with Gasteiger partial charge in [-0.3, -0.25) is 0 Å². The first kappa shape index (κ1) is 23.2. The lowest BCUT2D eigenvalue weighted by Crippen LogP contribution is -2.30. The predicted molar refractivity (Wildman–Crippen MR) is 115 cm³/mol. The Hall–Kier alpha value is -2.92. The van der Waals surface area contributed by atoms with E-state index in [-0.39, 0.29) is 30.0 Å². The number of alkyl halides is 3.